The first-order chi connectivity index (χ1) is 12.5. The summed E-state index contributed by atoms with van der Waals surface area (Å²) >= 11 is 0. The molecule has 2 N–H and O–H groups in total. The lowest BCUT2D eigenvalue weighted by molar-refractivity contribution is 0.173. The van der Waals surface area contributed by atoms with Crippen LogP contribution < -0.4 is 24.8 Å². The van der Waals surface area contributed by atoms with Gasteiger partial charge in [-0.15, -0.1) is 0 Å². The van der Waals surface area contributed by atoms with E-state index < -0.39 is 0 Å². The molecule has 0 atom stereocenters. The molecule has 0 bridgehead atoms. The molecule has 0 unspecified atom stereocenters. The second kappa shape index (κ2) is 7.99. The van der Waals surface area contributed by atoms with E-state index in [1.165, 1.54) is 0 Å². The van der Waals surface area contributed by atoms with Crippen LogP contribution in [0.2, 0.25) is 0 Å². The fourth-order valence-electron chi connectivity index (χ4n) is 2.80. The molecular weight excluding hydrogens is 332 g/mol. The van der Waals surface area contributed by atoms with E-state index >= 15 is 0 Å². The van der Waals surface area contributed by atoms with E-state index in [0.29, 0.717) is 36.3 Å². The zero-order valence-electron chi connectivity index (χ0n) is 15.3. The molecule has 0 radical (unpaired) electrons. The largest absolute Gasteiger partial charge is 0.492 e. The molecule has 6 nitrogen and oxygen atoms in total. The predicted octanol–water partition coefficient (Wildman–Crippen LogP) is 4.05. The fourth-order valence-corrected chi connectivity index (χ4v) is 2.80. The molecule has 1 heterocycles. The number of anilines is 1. The van der Waals surface area contributed by atoms with Crippen molar-refractivity contribution in [3.05, 3.63) is 47.5 Å². The number of benzene rings is 2. The molecule has 0 aromatic heterocycles. The smallest absolute Gasteiger partial charge is 0.319 e. The van der Waals surface area contributed by atoms with Crippen LogP contribution in [-0.2, 0) is 0 Å². The van der Waals surface area contributed by atoms with Crippen LogP contribution in [0.1, 0.15) is 30.9 Å². The molecule has 2 aromatic carbocycles. The van der Waals surface area contributed by atoms with Crippen molar-refractivity contribution in [3.63, 3.8) is 0 Å². The molecule has 0 saturated heterocycles. The maximum atomic E-state index is 12.2. The summed E-state index contributed by atoms with van der Waals surface area (Å²) in [5.41, 5.74) is 3.04. The number of carbonyl (C=O) groups excluding carboxylic acids is 1. The van der Waals surface area contributed by atoms with Crippen molar-refractivity contribution in [2.24, 2.45) is 0 Å². The van der Waals surface area contributed by atoms with Gasteiger partial charge in [-0.2, -0.15) is 0 Å². The van der Waals surface area contributed by atoms with E-state index in [0.717, 1.165) is 16.8 Å². The maximum absolute atomic E-state index is 12.2. The lowest BCUT2D eigenvalue weighted by Gasteiger charge is -2.17. The Labute approximate surface area is 153 Å². The summed E-state index contributed by atoms with van der Waals surface area (Å²) in [4.78, 5) is 12.2. The molecule has 2 aromatic rings. The van der Waals surface area contributed by atoms with Gasteiger partial charge in [-0.3, -0.25) is 0 Å². The third-order valence-electron chi connectivity index (χ3n) is 4.17. The summed E-state index contributed by atoms with van der Waals surface area (Å²) in [6.07, 6.45) is 0. The Morgan fingerprint density at radius 3 is 2.81 bits per heavy atom. The third kappa shape index (κ3) is 4.20. The topological polar surface area (TPSA) is 68.8 Å². The summed E-state index contributed by atoms with van der Waals surface area (Å²) in [5.74, 6) is 2.40. The number of rotatable bonds is 6. The first kappa shape index (κ1) is 17.9. The van der Waals surface area contributed by atoms with Gasteiger partial charge in [0.15, 0.2) is 11.5 Å². The molecule has 3 rings (SSSR count). The summed E-state index contributed by atoms with van der Waals surface area (Å²) in [7, 11) is 0. The quantitative estimate of drug-likeness (QED) is 0.766. The average Bonchev–Trinajstić information content (AvgIpc) is 3.08. The van der Waals surface area contributed by atoms with Gasteiger partial charge >= 0.3 is 6.03 Å². The van der Waals surface area contributed by atoms with Crippen molar-refractivity contribution >= 4 is 11.7 Å². The van der Waals surface area contributed by atoms with Crippen molar-refractivity contribution in [1.29, 1.82) is 0 Å². The third-order valence-corrected chi connectivity index (χ3v) is 4.17. The molecule has 0 fully saturated rings. The van der Waals surface area contributed by atoms with E-state index in [4.69, 9.17) is 14.2 Å². The minimum Gasteiger partial charge on any atom is -0.492 e. The maximum Gasteiger partial charge on any atom is 0.319 e. The minimum absolute atomic E-state index is 0.234. The Kier molecular flexibility index (Phi) is 5.51. The van der Waals surface area contributed by atoms with E-state index in [1.54, 1.807) is 6.07 Å². The molecule has 0 saturated carbocycles. The Hall–Kier alpha value is -2.89. The summed E-state index contributed by atoms with van der Waals surface area (Å²) < 4.78 is 16.2. The Bertz CT molecular complexity index is 789. The number of hydrogen-bond acceptors (Lipinski definition) is 4. The molecule has 0 spiro atoms. The highest BCUT2D eigenvalue weighted by Crippen LogP contribution is 2.35. The zero-order valence-corrected chi connectivity index (χ0v) is 15.3. The van der Waals surface area contributed by atoms with Crippen LogP contribution in [0.3, 0.4) is 0 Å². The molecule has 1 aliphatic heterocycles. The number of urea groups is 1. The number of carbonyl (C=O) groups is 1. The van der Waals surface area contributed by atoms with Crippen LogP contribution in [0.25, 0.3) is 0 Å². The lowest BCUT2D eigenvalue weighted by Crippen LogP contribution is -2.32. The SMILES string of the molecule is Cc1cccc(C(C)C)c1NC(=O)NCCOc1ccc2c(c1)OCO2. The molecule has 6 heteroatoms. The van der Waals surface area contributed by atoms with Gasteiger partial charge in [0.25, 0.3) is 0 Å². The van der Waals surface area contributed by atoms with Crippen molar-refractivity contribution in [2.75, 3.05) is 25.3 Å². The highest BCUT2D eigenvalue weighted by atomic mass is 16.7. The standard InChI is InChI=1S/C20H24N2O4/c1-13(2)16-6-4-5-14(3)19(16)22-20(23)21-9-10-24-15-7-8-17-18(11-15)26-12-25-17/h4-8,11,13H,9-10,12H2,1-3H3,(H2,21,22,23). The Morgan fingerprint density at radius 2 is 2.00 bits per heavy atom. The summed E-state index contributed by atoms with van der Waals surface area (Å²) in [6.45, 7) is 7.19. The Morgan fingerprint density at radius 1 is 1.19 bits per heavy atom. The predicted molar refractivity (Wildman–Crippen MR) is 100 cm³/mol. The van der Waals surface area contributed by atoms with Crippen molar-refractivity contribution in [2.45, 2.75) is 26.7 Å². The van der Waals surface area contributed by atoms with Gasteiger partial charge < -0.3 is 24.8 Å². The number of fused-ring (bicyclic) bond motifs is 1. The highest BCUT2D eigenvalue weighted by molar-refractivity contribution is 5.91. The average molecular weight is 356 g/mol. The van der Waals surface area contributed by atoms with Gasteiger partial charge in [0.2, 0.25) is 6.79 Å². The van der Waals surface area contributed by atoms with Crippen molar-refractivity contribution in [1.82, 2.24) is 5.32 Å². The normalized spacial score (nSPS) is 12.2. The second-order valence-electron chi connectivity index (χ2n) is 6.44. The van der Waals surface area contributed by atoms with Crippen LogP contribution >= 0.6 is 0 Å². The molecule has 138 valence electrons. The number of amides is 2. The van der Waals surface area contributed by atoms with Gasteiger partial charge in [-0.1, -0.05) is 32.0 Å². The molecular formula is C20H24N2O4. The van der Waals surface area contributed by atoms with Gasteiger partial charge in [-0.05, 0) is 36.1 Å². The number of aryl methyl sites for hydroxylation is 1. The van der Waals surface area contributed by atoms with Crippen LogP contribution in [0.5, 0.6) is 17.2 Å². The van der Waals surface area contributed by atoms with E-state index in [2.05, 4.69) is 24.5 Å². The van der Waals surface area contributed by atoms with Gasteiger partial charge in [0.05, 0.1) is 6.54 Å². The Balaban J connectivity index is 1.48. The molecule has 1 aliphatic rings. The van der Waals surface area contributed by atoms with E-state index in [1.807, 2.05) is 37.3 Å². The van der Waals surface area contributed by atoms with Gasteiger partial charge in [0.1, 0.15) is 12.4 Å². The monoisotopic (exact) mass is 356 g/mol. The first-order valence-electron chi connectivity index (χ1n) is 8.71. The van der Waals surface area contributed by atoms with Gasteiger partial charge in [0, 0.05) is 11.8 Å². The molecule has 26 heavy (non-hydrogen) atoms. The number of ether oxygens (including phenoxy) is 3. The minimum atomic E-state index is -0.240. The van der Waals surface area contributed by atoms with Crippen molar-refractivity contribution < 1.29 is 19.0 Å². The summed E-state index contributed by atoms with van der Waals surface area (Å²) in [6, 6.07) is 11.2. The first-order valence-corrected chi connectivity index (χ1v) is 8.71. The summed E-state index contributed by atoms with van der Waals surface area (Å²) in [5, 5.41) is 5.77. The fraction of sp³-hybridized carbons (Fsp3) is 0.350. The number of hydrogen-bond donors (Lipinski definition) is 2. The van der Waals surface area contributed by atoms with Crippen LogP contribution in [0, 0.1) is 6.92 Å². The zero-order chi connectivity index (χ0) is 18.5. The molecule has 2 amide bonds. The second-order valence-corrected chi connectivity index (χ2v) is 6.44. The molecule has 0 aliphatic carbocycles. The highest BCUT2D eigenvalue weighted by Gasteiger charge is 2.14. The van der Waals surface area contributed by atoms with Gasteiger partial charge in [-0.25, -0.2) is 4.79 Å². The van der Waals surface area contributed by atoms with Crippen LogP contribution in [0.15, 0.2) is 36.4 Å². The van der Waals surface area contributed by atoms with E-state index in [9.17, 15) is 4.79 Å². The van der Waals surface area contributed by atoms with Crippen molar-refractivity contribution in [3.8, 4) is 17.2 Å². The van der Waals surface area contributed by atoms with Crippen LogP contribution in [0.4, 0.5) is 10.5 Å². The lowest BCUT2D eigenvalue weighted by atomic mass is 9.98. The van der Waals surface area contributed by atoms with E-state index in [-0.39, 0.29) is 12.8 Å². The number of nitrogens with one attached hydrogen (secondary N) is 2. The van der Waals surface area contributed by atoms with Crippen LogP contribution in [-0.4, -0.2) is 26.0 Å². The number of para-hydroxylation sites is 1.